The first kappa shape index (κ1) is 25.8. The van der Waals surface area contributed by atoms with Crippen molar-refractivity contribution < 1.29 is 19.0 Å². The van der Waals surface area contributed by atoms with Gasteiger partial charge in [0.2, 0.25) is 0 Å². The number of carbonyl (C=O) groups excluding carboxylic acids is 1. The number of halogens is 1. The summed E-state index contributed by atoms with van der Waals surface area (Å²) in [7, 11) is 1.63. The molecule has 8 heteroatoms. The van der Waals surface area contributed by atoms with Gasteiger partial charge in [0.25, 0.3) is 0 Å². The molecule has 2 heterocycles. The number of ether oxygens (including phenoxy) is 3. The molecule has 0 saturated carbocycles. The van der Waals surface area contributed by atoms with Crippen LogP contribution in [0.3, 0.4) is 0 Å². The summed E-state index contributed by atoms with van der Waals surface area (Å²) < 4.78 is 16.9. The molecule has 0 N–H and O–H groups in total. The van der Waals surface area contributed by atoms with Gasteiger partial charge in [-0.3, -0.25) is 4.90 Å². The minimum absolute atomic E-state index is 0.171. The van der Waals surface area contributed by atoms with Crippen LogP contribution in [-0.2, 0) is 17.9 Å². The molecule has 36 heavy (non-hydrogen) atoms. The molecule has 2 aromatic carbocycles. The summed E-state index contributed by atoms with van der Waals surface area (Å²) in [6, 6.07) is 17.3. The van der Waals surface area contributed by atoms with Gasteiger partial charge in [0, 0.05) is 49.5 Å². The molecule has 4 rings (SSSR count). The first-order chi connectivity index (χ1) is 17.4. The van der Waals surface area contributed by atoms with E-state index in [2.05, 4.69) is 26.9 Å². The molecule has 0 amide bonds. The second-order valence-corrected chi connectivity index (χ2v) is 9.42. The van der Waals surface area contributed by atoms with Crippen LogP contribution in [0, 0.1) is 0 Å². The van der Waals surface area contributed by atoms with E-state index in [0.29, 0.717) is 28.8 Å². The van der Waals surface area contributed by atoms with E-state index >= 15 is 0 Å². The number of benzene rings is 2. The van der Waals surface area contributed by atoms with Gasteiger partial charge in [-0.2, -0.15) is 0 Å². The number of methoxy groups -OCH3 is 1. The Balaban J connectivity index is 1.33. The zero-order valence-corrected chi connectivity index (χ0v) is 21.7. The third-order valence-corrected chi connectivity index (χ3v) is 6.20. The van der Waals surface area contributed by atoms with Gasteiger partial charge in [0.15, 0.2) is 0 Å². The highest BCUT2D eigenvalue weighted by Gasteiger charge is 2.23. The van der Waals surface area contributed by atoms with Crippen LogP contribution in [0.2, 0.25) is 5.02 Å². The van der Waals surface area contributed by atoms with Gasteiger partial charge >= 0.3 is 5.97 Å². The molecule has 1 aromatic heterocycles. The molecular formula is C28H32ClN3O4. The molecular weight excluding hydrogens is 478 g/mol. The van der Waals surface area contributed by atoms with Crippen LogP contribution in [0.15, 0.2) is 60.8 Å². The van der Waals surface area contributed by atoms with Crippen molar-refractivity contribution in [1.29, 1.82) is 0 Å². The van der Waals surface area contributed by atoms with Crippen LogP contribution in [0.5, 0.6) is 11.5 Å². The number of esters is 1. The van der Waals surface area contributed by atoms with E-state index in [1.165, 1.54) is 5.56 Å². The Morgan fingerprint density at radius 2 is 1.86 bits per heavy atom. The lowest BCUT2D eigenvalue weighted by Gasteiger charge is -2.36. The maximum absolute atomic E-state index is 12.5. The largest absolute Gasteiger partial charge is 0.496 e. The number of aromatic nitrogens is 1. The Morgan fingerprint density at radius 3 is 2.61 bits per heavy atom. The maximum atomic E-state index is 12.5. The lowest BCUT2D eigenvalue weighted by molar-refractivity contribution is 0.0378. The number of anilines is 1. The average molecular weight is 510 g/mol. The monoisotopic (exact) mass is 509 g/mol. The fourth-order valence-electron chi connectivity index (χ4n) is 4.19. The number of hydrogen-bond donors (Lipinski definition) is 0. The van der Waals surface area contributed by atoms with Crippen molar-refractivity contribution in [1.82, 2.24) is 9.88 Å². The van der Waals surface area contributed by atoms with Gasteiger partial charge in [-0.05, 0) is 55.8 Å². The summed E-state index contributed by atoms with van der Waals surface area (Å²) in [4.78, 5) is 21.6. The SMILES string of the molecule is COc1cc(Cl)ccc1COc1cccc(CN2CCN(c3ncccc3C(=O)OC(C)C)CC2)c1. The van der Waals surface area contributed by atoms with Gasteiger partial charge in [-0.1, -0.05) is 29.8 Å². The van der Waals surface area contributed by atoms with Gasteiger partial charge in [0.05, 0.1) is 13.2 Å². The standard InChI is InChI=1S/C28H32ClN3O4/c1-20(2)36-28(33)25-8-5-11-30-27(25)32-14-12-31(13-15-32)18-21-6-4-7-24(16-21)35-19-22-9-10-23(29)17-26(22)34-3/h4-11,16-17,20H,12-15,18-19H2,1-3H3. The summed E-state index contributed by atoms with van der Waals surface area (Å²) in [5, 5.41) is 0.632. The Hall–Kier alpha value is -3.29. The lowest BCUT2D eigenvalue weighted by atomic mass is 10.1. The first-order valence-electron chi connectivity index (χ1n) is 12.1. The predicted molar refractivity (Wildman–Crippen MR) is 141 cm³/mol. The zero-order chi connectivity index (χ0) is 25.5. The topological polar surface area (TPSA) is 64.1 Å². The molecule has 3 aromatic rings. The molecule has 0 radical (unpaired) electrons. The van der Waals surface area contributed by atoms with Crippen molar-refractivity contribution in [3.63, 3.8) is 0 Å². The van der Waals surface area contributed by atoms with Gasteiger partial charge in [0.1, 0.15) is 29.5 Å². The molecule has 1 aliphatic heterocycles. The van der Waals surface area contributed by atoms with Crippen LogP contribution in [0.1, 0.15) is 35.3 Å². The number of nitrogens with zero attached hydrogens (tertiary/aromatic N) is 3. The van der Waals surface area contributed by atoms with Crippen molar-refractivity contribution in [2.75, 3.05) is 38.2 Å². The van der Waals surface area contributed by atoms with Crippen LogP contribution in [-0.4, -0.2) is 55.2 Å². The third kappa shape index (κ3) is 6.68. The van der Waals surface area contributed by atoms with Gasteiger partial charge in [-0.15, -0.1) is 0 Å². The highest BCUT2D eigenvalue weighted by atomic mass is 35.5. The van der Waals surface area contributed by atoms with Crippen LogP contribution in [0.25, 0.3) is 0 Å². The summed E-state index contributed by atoms with van der Waals surface area (Å²) >= 11 is 6.06. The van der Waals surface area contributed by atoms with E-state index in [1.54, 1.807) is 31.5 Å². The first-order valence-corrected chi connectivity index (χ1v) is 12.5. The quantitative estimate of drug-likeness (QED) is 0.367. The second-order valence-electron chi connectivity index (χ2n) is 8.98. The minimum atomic E-state index is -0.330. The molecule has 0 atom stereocenters. The molecule has 0 bridgehead atoms. The maximum Gasteiger partial charge on any atom is 0.342 e. The van der Waals surface area contributed by atoms with Crippen molar-refractivity contribution in [2.24, 2.45) is 0 Å². The number of piperazine rings is 1. The van der Waals surface area contributed by atoms with Crippen molar-refractivity contribution >= 4 is 23.4 Å². The van der Waals surface area contributed by atoms with E-state index < -0.39 is 0 Å². The molecule has 7 nitrogen and oxygen atoms in total. The number of hydrogen-bond acceptors (Lipinski definition) is 7. The van der Waals surface area contributed by atoms with Crippen LogP contribution in [0.4, 0.5) is 5.82 Å². The fraction of sp³-hybridized carbons (Fsp3) is 0.357. The average Bonchev–Trinajstić information content (AvgIpc) is 2.88. The lowest BCUT2D eigenvalue weighted by Crippen LogP contribution is -2.46. The van der Waals surface area contributed by atoms with Crippen LogP contribution >= 0.6 is 11.6 Å². The Bertz CT molecular complexity index is 1180. The molecule has 1 saturated heterocycles. The summed E-state index contributed by atoms with van der Waals surface area (Å²) in [6.07, 6.45) is 1.55. The van der Waals surface area contributed by atoms with Crippen molar-refractivity contribution in [2.45, 2.75) is 33.1 Å². The van der Waals surface area contributed by atoms with Crippen molar-refractivity contribution in [3.05, 3.63) is 82.5 Å². The predicted octanol–water partition coefficient (Wildman–Crippen LogP) is 5.21. The summed E-state index contributed by atoms with van der Waals surface area (Å²) in [5.74, 6) is 1.88. The van der Waals surface area contributed by atoms with E-state index in [-0.39, 0.29) is 12.1 Å². The molecule has 1 aliphatic rings. The summed E-state index contributed by atoms with van der Waals surface area (Å²) in [6.45, 7) is 8.21. The van der Waals surface area contributed by atoms with E-state index in [1.807, 2.05) is 38.1 Å². The Morgan fingerprint density at radius 1 is 1.06 bits per heavy atom. The molecule has 0 unspecified atom stereocenters. The number of rotatable bonds is 9. The highest BCUT2D eigenvalue weighted by Crippen LogP contribution is 2.26. The molecule has 0 spiro atoms. The smallest absolute Gasteiger partial charge is 0.342 e. The zero-order valence-electron chi connectivity index (χ0n) is 20.9. The van der Waals surface area contributed by atoms with Gasteiger partial charge in [-0.25, -0.2) is 9.78 Å². The van der Waals surface area contributed by atoms with Crippen LogP contribution < -0.4 is 14.4 Å². The molecule has 1 fully saturated rings. The fourth-order valence-corrected chi connectivity index (χ4v) is 4.36. The highest BCUT2D eigenvalue weighted by molar-refractivity contribution is 6.30. The van der Waals surface area contributed by atoms with E-state index in [9.17, 15) is 4.79 Å². The molecule has 190 valence electrons. The Kier molecular flexibility index (Phi) is 8.67. The third-order valence-electron chi connectivity index (χ3n) is 5.97. The van der Waals surface area contributed by atoms with E-state index in [0.717, 1.165) is 44.0 Å². The van der Waals surface area contributed by atoms with Crippen molar-refractivity contribution in [3.8, 4) is 11.5 Å². The minimum Gasteiger partial charge on any atom is -0.496 e. The van der Waals surface area contributed by atoms with E-state index in [4.69, 9.17) is 25.8 Å². The Labute approximate surface area is 217 Å². The normalized spacial score (nSPS) is 14.1. The number of carbonyl (C=O) groups is 1. The number of pyridine rings is 1. The van der Waals surface area contributed by atoms with Gasteiger partial charge < -0.3 is 19.1 Å². The second kappa shape index (κ2) is 12.1. The summed E-state index contributed by atoms with van der Waals surface area (Å²) in [5.41, 5.74) is 2.64. The molecule has 0 aliphatic carbocycles.